The molecule has 0 radical (unpaired) electrons. The highest BCUT2D eigenvalue weighted by Gasteiger charge is 2.22. The van der Waals surface area contributed by atoms with Crippen molar-refractivity contribution >= 4 is 0 Å². The Balaban J connectivity index is 2.48. The predicted octanol–water partition coefficient (Wildman–Crippen LogP) is 1.64. The minimum absolute atomic E-state index is 0.182. The molecule has 0 amide bonds. The number of aliphatic hydroxyl groups is 2. The van der Waals surface area contributed by atoms with Crippen molar-refractivity contribution in [3.05, 3.63) is 35.4 Å². The Morgan fingerprint density at radius 3 is 1.94 bits per heavy atom. The minimum atomic E-state index is -0.860. The molecular formula is C15H25NO2. The van der Waals surface area contributed by atoms with Gasteiger partial charge in [-0.2, -0.15) is 0 Å². The molecule has 0 heterocycles. The van der Waals surface area contributed by atoms with Crippen molar-refractivity contribution in [3.8, 4) is 0 Å². The van der Waals surface area contributed by atoms with Gasteiger partial charge in [0.2, 0.25) is 0 Å². The number of aryl methyl sites for hydroxylation is 2. The van der Waals surface area contributed by atoms with Crippen LogP contribution in [0.4, 0.5) is 0 Å². The third kappa shape index (κ3) is 4.77. The highest BCUT2D eigenvalue weighted by Crippen LogP contribution is 2.13. The van der Waals surface area contributed by atoms with E-state index < -0.39 is 5.54 Å². The number of unbranched alkanes of at least 4 members (excludes halogenated alkanes) is 1. The van der Waals surface area contributed by atoms with Crippen molar-refractivity contribution in [2.24, 2.45) is 5.73 Å². The van der Waals surface area contributed by atoms with Crippen LogP contribution in [0.5, 0.6) is 0 Å². The summed E-state index contributed by atoms with van der Waals surface area (Å²) in [5.74, 6) is 0. The summed E-state index contributed by atoms with van der Waals surface area (Å²) in [5, 5.41) is 18.2. The Bertz CT molecular complexity index is 331. The topological polar surface area (TPSA) is 66.5 Å². The number of hydrogen-bond donors (Lipinski definition) is 3. The molecule has 0 aliphatic rings. The molecule has 4 N–H and O–H groups in total. The summed E-state index contributed by atoms with van der Waals surface area (Å²) in [4.78, 5) is 0. The molecule has 3 nitrogen and oxygen atoms in total. The summed E-state index contributed by atoms with van der Waals surface area (Å²) in [6.45, 7) is 1.83. The fourth-order valence-corrected chi connectivity index (χ4v) is 1.85. The Hall–Kier alpha value is -0.900. The minimum Gasteiger partial charge on any atom is -0.394 e. The molecule has 0 saturated carbocycles. The average molecular weight is 251 g/mol. The zero-order valence-corrected chi connectivity index (χ0v) is 11.2. The van der Waals surface area contributed by atoms with Crippen LogP contribution in [0.1, 0.15) is 37.3 Å². The molecule has 0 aliphatic carbocycles. The first-order chi connectivity index (χ1) is 8.63. The highest BCUT2D eigenvalue weighted by molar-refractivity contribution is 5.23. The van der Waals surface area contributed by atoms with Crippen molar-refractivity contribution < 1.29 is 10.2 Å². The molecule has 3 heteroatoms. The molecule has 18 heavy (non-hydrogen) atoms. The van der Waals surface area contributed by atoms with E-state index in [9.17, 15) is 0 Å². The van der Waals surface area contributed by atoms with Gasteiger partial charge in [0.1, 0.15) is 0 Å². The van der Waals surface area contributed by atoms with E-state index in [1.54, 1.807) is 0 Å². The van der Waals surface area contributed by atoms with Crippen molar-refractivity contribution in [1.82, 2.24) is 0 Å². The lowest BCUT2D eigenvalue weighted by Gasteiger charge is -2.24. The van der Waals surface area contributed by atoms with Gasteiger partial charge in [-0.25, -0.2) is 0 Å². The summed E-state index contributed by atoms with van der Waals surface area (Å²) >= 11 is 0. The molecule has 1 rings (SSSR count). The van der Waals surface area contributed by atoms with Gasteiger partial charge in [-0.15, -0.1) is 0 Å². The Morgan fingerprint density at radius 2 is 1.50 bits per heavy atom. The molecule has 0 bridgehead atoms. The fourth-order valence-electron chi connectivity index (χ4n) is 1.85. The SMILES string of the molecule is CCCCc1ccc(CCC(N)(CO)CO)cc1. The van der Waals surface area contributed by atoms with Gasteiger partial charge in [0.15, 0.2) is 0 Å². The van der Waals surface area contributed by atoms with Crippen LogP contribution in [0.25, 0.3) is 0 Å². The van der Waals surface area contributed by atoms with Crippen LogP contribution < -0.4 is 5.73 Å². The van der Waals surface area contributed by atoms with Gasteiger partial charge in [-0.1, -0.05) is 37.6 Å². The monoisotopic (exact) mass is 251 g/mol. The molecule has 0 aromatic heterocycles. The van der Waals surface area contributed by atoms with Crippen LogP contribution in [0, 0.1) is 0 Å². The van der Waals surface area contributed by atoms with E-state index in [2.05, 4.69) is 31.2 Å². The predicted molar refractivity (Wildman–Crippen MR) is 74.5 cm³/mol. The standard InChI is InChI=1S/C15H25NO2/c1-2-3-4-13-5-7-14(8-6-13)9-10-15(16,11-17)12-18/h5-8,17-18H,2-4,9-12,16H2,1H3. The van der Waals surface area contributed by atoms with Gasteiger partial charge in [0.05, 0.1) is 18.8 Å². The number of aliphatic hydroxyl groups excluding tert-OH is 2. The number of nitrogens with two attached hydrogens (primary N) is 1. The average Bonchev–Trinajstić information content (AvgIpc) is 2.43. The van der Waals surface area contributed by atoms with E-state index in [4.69, 9.17) is 15.9 Å². The fraction of sp³-hybridized carbons (Fsp3) is 0.600. The Labute approximate surface area is 110 Å². The van der Waals surface area contributed by atoms with Crippen molar-refractivity contribution in [1.29, 1.82) is 0 Å². The zero-order chi connectivity index (χ0) is 13.4. The van der Waals surface area contributed by atoms with E-state index in [1.807, 2.05) is 0 Å². The first kappa shape index (κ1) is 15.2. The van der Waals surface area contributed by atoms with E-state index in [0.717, 1.165) is 12.8 Å². The van der Waals surface area contributed by atoms with Crippen LogP contribution >= 0.6 is 0 Å². The molecule has 102 valence electrons. The van der Waals surface area contributed by atoms with Gasteiger partial charge < -0.3 is 15.9 Å². The van der Waals surface area contributed by atoms with Gasteiger partial charge in [0.25, 0.3) is 0 Å². The normalized spacial score (nSPS) is 11.8. The van der Waals surface area contributed by atoms with Crippen LogP contribution in [-0.4, -0.2) is 29.0 Å². The molecule has 0 unspecified atom stereocenters. The van der Waals surface area contributed by atoms with E-state index in [0.29, 0.717) is 6.42 Å². The maximum atomic E-state index is 9.12. The first-order valence-electron chi connectivity index (χ1n) is 6.72. The lowest BCUT2D eigenvalue weighted by atomic mass is 9.93. The Kier molecular flexibility index (Phi) is 6.33. The lowest BCUT2D eigenvalue weighted by Crippen LogP contribution is -2.47. The molecule has 0 saturated heterocycles. The highest BCUT2D eigenvalue weighted by atomic mass is 16.3. The molecule has 0 atom stereocenters. The second kappa shape index (κ2) is 7.52. The Morgan fingerprint density at radius 1 is 1.00 bits per heavy atom. The zero-order valence-electron chi connectivity index (χ0n) is 11.2. The molecule has 0 fully saturated rings. The van der Waals surface area contributed by atoms with Crippen LogP contribution in [0.2, 0.25) is 0 Å². The van der Waals surface area contributed by atoms with E-state index in [-0.39, 0.29) is 13.2 Å². The maximum absolute atomic E-state index is 9.12. The van der Waals surface area contributed by atoms with Crippen LogP contribution in [0.15, 0.2) is 24.3 Å². The summed E-state index contributed by atoms with van der Waals surface area (Å²) in [7, 11) is 0. The van der Waals surface area contributed by atoms with Gasteiger partial charge in [0, 0.05) is 0 Å². The van der Waals surface area contributed by atoms with E-state index >= 15 is 0 Å². The van der Waals surface area contributed by atoms with E-state index in [1.165, 1.54) is 24.0 Å². The van der Waals surface area contributed by atoms with Gasteiger partial charge in [-0.3, -0.25) is 0 Å². The smallest absolute Gasteiger partial charge is 0.0633 e. The molecule has 1 aromatic carbocycles. The van der Waals surface area contributed by atoms with Crippen LogP contribution in [-0.2, 0) is 12.8 Å². The third-order valence-electron chi connectivity index (χ3n) is 3.38. The summed E-state index contributed by atoms with van der Waals surface area (Å²) in [5.41, 5.74) is 7.55. The summed E-state index contributed by atoms with van der Waals surface area (Å²) in [6, 6.07) is 8.53. The number of rotatable bonds is 8. The summed E-state index contributed by atoms with van der Waals surface area (Å²) < 4.78 is 0. The molecule has 0 spiro atoms. The van der Waals surface area contributed by atoms with Gasteiger partial charge >= 0.3 is 0 Å². The molecule has 1 aromatic rings. The van der Waals surface area contributed by atoms with Crippen molar-refractivity contribution in [3.63, 3.8) is 0 Å². The second-order valence-electron chi connectivity index (χ2n) is 5.10. The summed E-state index contributed by atoms with van der Waals surface area (Å²) in [6.07, 6.45) is 4.94. The first-order valence-corrected chi connectivity index (χ1v) is 6.72. The third-order valence-corrected chi connectivity index (χ3v) is 3.38. The molecular weight excluding hydrogens is 226 g/mol. The van der Waals surface area contributed by atoms with Crippen molar-refractivity contribution in [2.75, 3.05) is 13.2 Å². The van der Waals surface area contributed by atoms with Crippen LogP contribution in [0.3, 0.4) is 0 Å². The van der Waals surface area contributed by atoms with Gasteiger partial charge in [-0.05, 0) is 36.8 Å². The largest absolute Gasteiger partial charge is 0.394 e. The quantitative estimate of drug-likeness (QED) is 0.658. The molecule has 0 aliphatic heterocycles. The number of benzene rings is 1. The number of hydrogen-bond acceptors (Lipinski definition) is 3. The van der Waals surface area contributed by atoms with Crippen molar-refractivity contribution in [2.45, 2.75) is 44.6 Å². The second-order valence-corrected chi connectivity index (χ2v) is 5.10. The maximum Gasteiger partial charge on any atom is 0.0633 e. The lowest BCUT2D eigenvalue weighted by molar-refractivity contribution is 0.115.